The molecule has 1 saturated heterocycles. The third kappa shape index (κ3) is 3.64. The molecule has 1 aliphatic heterocycles. The summed E-state index contributed by atoms with van der Waals surface area (Å²) >= 11 is 1.30. The van der Waals surface area contributed by atoms with Gasteiger partial charge in [-0.1, -0.05) is 42.1 Å². The lowest BCUT2D eigenvalue weighted by Crippen LogP contribution is -2.15. The first-order valence-corrected chi connectivity index (χ1v) is 6.07. The largest absolute Gasteiger partial charge is 0.458 e. The van der Waals surface area contributed by atoms with Gasteiger partial charge in [0.15, 0.2) is 0 Å². The fraction of sp³-hybridized carbons (Fsp3) is 0.167. The van der Waals surface area contributed by atoms with Gasteiger partial charge in [0.1, 0.15) is 6.61 Å². The second kappa shape index (κ2) is 5.54. The number of benzene rings is 1. The molecule has 0 bridgehead atoms. The van der Waals surface area contributed by atoms with E-state index < -0.39 is 5.97 Å². The second-order valence-electron chi connectivity index (χ2n) is 3.44. The molecule has 1 amide bonds. The smallest absolute Gasteiger partial charge is 0.333 e. The molecule has 17 heavy (non-hydrogen) atoms. The molecule has 0 radical (unpaired) electrons. The number of carbonyl (C=O) groups is 2. The quantitative estimate of drug-likeness (QED) is 0.650. The molecular weight excluding hydrogens is 238 g/mol. The number of esters is 1. The Morgan fingerprint density at radius 3 is 2.82 bits per heavy atom. The molecule has 1 heterocycles. The summed E-state index contributed by atoms with van der Waals surface area (Å²) in [7, 11) is 0. The lowest BCUT2D eigenvalue weighted by molar-refractivity contribution is -0.139. The molecule has 0 aromatic heterocycles. The van der Waals surface area contributed by atoms with E-state index in [1.54, 1.807) is 0 Å². The molecule has 2 rings (SSSR count). The molecule has 0 aliphatic carbocycles. The molecule has 1 fully saturated rings. The van der Waals surface area contributed by atoms with Crippen LogP contribution in [0.2, 0.25) is 0 Å². The highest BCUT2D eigenvalue weighted by Crippen LogP contribution is 2.18. The van der Waals surface area contributed by atoms with Crippen LogP contribution in [-0.4, -0.2) is 17.6 Å². The van der Waals surface area contributed by atoms with Crippen molar-refractivity contribution >= 4 is 23.6 Å². The van der Waals surface area contributed by atoms with Crippen molar-refractivity contribution in [3.05, 3.63) is 47.0 Å². The zero-order valence-electron chi connectivity index (χ0n) is 9.01. The summed E-state index contributed by atoms with van der Waals surface area (Å²) in [6.07, 6.45) is 1.30. The van der Waals surface area contributed by atoms with Crippen LogP contribution >= 0.6 is 11.8 Å². The average molecular weight is 249 g/mol. The van der Waals surface area contributed by atoms with E-state index in [-0.39, 0.29) is 12.5 Å². The van der Waals surface area contributed by atoms with E-state index in [0.29, 0.717) is 10.8 Å². The number of hydrogen-bond donors (Lipinski definition) is 1. The second-order valence-corrected chi connectivity index (χ2v) is 4.46. The maximum Gasteiger partial charge on any atom is 0.333 e. The minimum absolute atomic E-state index is 0.0860. The Hall–Kier alpha value is -1.75. The third-order valence-electron chi connectivity index (χ3n) is 2.09. The number of nitrogens with one attached hydrogen (secondary N) is 1. The summed E-state index contributed by atoms with van der Waals surface area (Å²) in [6.45, 7) is 0.238. The molecule has 0 unspecified atom stereocenters. The van der Waals surface area contributed by atoms with Crippen molar-refractivity contribution in [2.45, 2.75) is 6.61 Å². The topological polar surface area (TPSA) is 55.4 Å². The zero-order valence-corrected chi connectivity index (χ0v) is 9.83. The number of rotatable bonds is 3. The molecule has 1 aromatic carbocycles. The number of thioether (sulfide) groups is 1. The van der Waals surface area contributed by atoms with Crippen molar-refractivity contribution < 1.29 is 14.3 Å². The predicted octanol–water partition coefficient (Wildman–Crippen LogP) is 1.43. The van der Waals surface area contributed by atoms with Crippen LogP contribution in [0.3, 0.4) is 0 Å². The van der Waals surface area contributed by atoms with Crippen molar-refractivity contribution in [3.63, 3.8) is 0 Å². The predicted molar refractivity (Wildman–Crippen MR) is 64.9 cm³/mol. The van der Waals surface area contributed by atoms with Crippen LogP contribution < -0.4 is 5.32 Å². The normalized spacial score (nSPS) is 16.9. The van der Waals surface area contributed by atoms with Crippen LogP contribution in [0.1, 0.15) is 5.56 Å². The Balaban J connectivity index is 1.84. The van der Waals surface area contributed by atoms with E-state index in [2.05, 4.69) is 5.32 Å². The summed E-state index contributed by atoms with van der Waals surface area (Å²) in [5.74, 6) is -0.173. The van der Waals surface area contributed by atoms with Gasteiger partial charge < -0.3 is 10.1 Å². The number of hydrogen-bond acceptors (Lipinski definition) is 4. The highest BCUT2D eigenvalue weighted by molar-refractivity contribution is 8.04. The van der Waals surface area contributed by atoms with Gasteiger partial charge in [0.05, 0.1) is 16.9 Å². The summed E-state index contributed by atoms with van der Waals surface area (Å²) in [6, 6.07) is 9.43. The van der Waals surface area contributed by atoms with Crippen LogP contribution in [0.15, 0.2) is 41.4 Å². The van der Waals surface area contributed by atoms with Crippen LogP contribution in [0.25, 0.3) is 0 Å². The first-order chi connectivity index (χ1) is 8.24. The first-order valence-electron chi connectivity index (χ1n) is 5.09. The molecule has 1 N–H and O–H groups in total. The van der Waals surface area contributed by atoms with Crippen molar-refractivity contribution in [3.8, 4) is 0 Å². The molecule has 1 aromatic rings. The lowest BCUT2D eigenvalue weighted by atomic mass is 10.2. The molecular formula is C12H11NO3S. The van der Waals surface area contributed by atoms with Gasteiger partial charge >= 0.3 is 5.97 Å². The summed E-state index contributed by atoms with van der Waals surface area (Å²) in [5, 5.41) is 3.12. The van der Waals surface area contributed by atoms with Crippen LogP contribution in [0.5, 0.6) is 0 Å². The SMILES string of the molecule is O=C1CSC(=CC(=O)OCc2ccccc2)N1. The van der Waals surface area contributed by atoms with Crippen molar-refractivity contribution in [2.75, 3.05) is 5.75 Å². The summed E-state index contributed by atoms with van der Waals surface area (Å²) in [5.41, 5.74) is 0.933. The van der Waals surface area contributed by atoms with Crippen molar-refractivity contribution in [1.29, 1.82) is 0 Å². The third-order valence-corrected chi connectivity index (χ3v) is 3.03. The number of amides is 1. The Morgan fingerprint density at radius 1 is 1.41 bits per heavy atom. The van der Waals surface area contributed by atoms with E-state index in [1.165, 1.54) is 17.8 Å². The molecule has 88 valence electrons. The maximum atomic E-state index is 11.4. The van der Waals surface area contributed by atoms with E-state index in [0.717, 1.165) is 5.56 Å². The van der Waals surface area contributed by atoms with Crippen LogP contribution in [0.4, 0.5) is 0 Å². The van der Waals surface area contributed by atoms with Crippen LogP contribution in [0, 0.1) is 0 Å². The van der Waals surface area contributed by atoms with Gasteiger partial charge in [0.25, 0.3) is 0 Å². The van der Waals surface area contributed by atoms with Gasteiger partial charge in [-0.3, -0.25) is 4.79 Å². The molecule has 4 nitrogen and oxygen atoms in total. The molecule has 0 spiro atoms. The minimum atomic E-state index is -0.446. The first kappa shape index (κ1) is 11.7. The Labute approximate surface area is 103 Å². The fourth-order valence-corrected chi connectivity index (χ4v) is 2.03. The minimum Gasteiger partial charge on any atom is -0.458 e. The van der Waals surface area contributed by atoms with Gasteiger partial charge in [-0.05, 0) is 5.56 Å². The van der Waals surface area contributed by atoms with Crippen molar-refractivity contribution in [1.82, 2.24) is 5.32 Å². The van der Waals surface area contributed by atoms with E-state index >= 15 is 0 Å². The number of carbonyl (C=O) groups excluding carboxylic acids is 2. The van der Waals surface area contributed by atoms with Gasteiger partial charge in [0, 0.05) is 0 Å². The van der Waals surface area contributed by atoms with Gasteiger partial charge in [-0.25, -0.2) is 4.79 Å². The van der Waals surface area contributed by atoms with Crippen LogP contribution in [-0.2, 0) is 20.9 Å². The Kier molecular flexibility index (Phi) is 3.82. The molecule has 5 heteroatoms. The Bertz CT molecular complexity index is 456. The highest BCUT2D eigenvalue weighted by atomic mass is 32.2. The zero-order chi connectivity index (χ0) is 12.1. The van der Waals surface area contributed by atoms with Crippen molar-refractivity contribution in [2.24, 2.45) is 0 Å². The average Bonchev–Trinajstić information content (AvgIpc) is 2.73. The lowest BCUT2D eigenvalue weighted by Gasteiger charge is -2.02. The standard InChI is InChI=1S/C12H11NO3S/c14-10-8-17-11(13-10)6-12(15)16-7-9-4-2-1-3-5-9/h1-6H,7-8H2,(H,13,14). The highest BCUT2D eigenvalue weighted by Gasteiger charge is 2.16. The molecule has 1 aliphatic rings. The molecule has 0 saturated carbocycles. The summed E-state index contributed by atoms with van der Waals surface area (Å²) in [4.78, 5) is 22.3. The summed E-state index contributed by atoms with van der Waals surface area (Å²) < 4.78 is 5.05. The van der Waals surface area contributed by atoms with E-state index in [1.807, 2.05) is 30.3 Å². The molecule has 0 atom stereocenters. The number of ether oxygens (including phenoxy) is 1. The Morgan fingerprint density at radius 2 is 2.18 bits per heavy atom. The monoisotopic (exact) mass is 249 g/mol. The fourth-order valence-electron chi connectivity index (χ4n) is 1.31. The van der Waals surface area contributed by atoms with Gasteiger partial charge in [0.2, 0.25) is 5.91 Å². The maximum absolute atomic E-state index is 11.4. The van der Waals surface area contributed by atoms with E-state index in [4.69, 9.17) is 4.74 Å². The van der Waals surface area contributed by atoms with Gasteiger partial charge in [-0.2, -0.15) is 0 Å². The van der Waals surface area contributed by atoms with E-state index in [9.17, 15) is 9.59 Å². The van der Waals surface area contributed by atoms with Gasteiger partial charge in [-0.15, -0.1) is 0 Å².